The Morgan fingerprint density at radius 1 is 1.29 bits per heavy atom. The first-order valence-electron chi connectivity index (χ1n) is 5.83. The number of carbonyl (C=O) groups is 1. The van der Waals surface area contributed by atoms with Gasteiger partial charge in [-0.3, -0.25) is 9.69 Å². The smallest absolute Gasteiger partial charge is 0.307 e. The summed E-state index contributed by atoms with van der Waals surface area (Å²) in [4.78, 5) is 13.0. The molecule has 4 nitrogen and oxygen atoms in total. The quantitative estimate of drug-likeness (QED) is 0.820. The summed E-state index contributed by atoms with van der Waals surface area (Å²) in [5.41, 5.74) is 2.06. The van der Waals surface area contributed by atoms with Crippen LogP contribution in [0.3, 0.4) is 0 Å². The molecule has 1 heterocycles. The molecule has 4 heteroatoms. The number of benzene rings is 1. The molecule has 1 atom stereocenters. The van der Waals surface area contributed by atoms with Crippen LogP contribution in [0.15, 0.2) is 24.3 Å². The van der Waals surface area contributed by atoms with Crippen molar-refractivity contribution in [2.75, 3.05) is 13.1 Å². The molecule has 1 unspecified atom stereocenters. The van der Waals surface area contributed by atoms with Crippen LogP contribution in [0.1, 0.15) is 17.5 Å². The summed E-state index contributed by atoms with van der Waals surface area (Å²) in [6.45, 7) is 2.33. The fraction of sp³-hybridized carbons (Fsp3) is 0.462. The second kappa shape index (κ2) is 5.29. The van der Waals surface area contributed by atoms with Gasteiger partial charge in [0.25, 0.3) is 0 Å². The van der Waals surface area contributed by atoms with Crippen molar-refractivity contribution in [2.24, 2.45) is 5.92 Å². The Balaban J connectivity index is 1.91. The number of aliphatic carboxylic acids is 1. The maximum absolute atomic E-state index is 10.8. The molecule has 92 valence electrons. The normalized spacial score (nSPS) is 20.6. The van der Waals surface area contributed by atoms with E-state index in [2.05, 4.69) is 4.90 Å². The van der Waals surface area contributed by atoms with Crippen LogP contribution in [0.2, 0.25) is 0 Å². The summed E-state index contributed by atoms with van der Waals surface area (Å²) in [6.07, 6.45) is 0.740. The SMILES string of the molecule is O=C(O)C1CCN(Cc2ccc(CO)cc2)C1. The molecule has 0 aromatic heterocycles. The number of carboxylic acids is 1. The zero-order valence-corrected chi connectivity index (χ0v) is 9.67. The van der Waals surface area contributed by atoms with Crippen molar-refractivity contribution in [2.45, 2.75) is 19.6 Å². The van der Waals surface area contributed by atoms with E-state index in [0.29, 0.717) is 6.54 Å². The topological polar surface area (TPSA) is 60.8 Å². The van der Waals surface area contributed by atoms with E-state index in [4.69, 9.17) is 10.2 Å². The Morgan fingerprint density at radius 3 is 2.47 bits per heavy atom. The van der Waals surface area contributed by atoms with Crippen LogP contribution >= 0.6 is 0 Å². The summed E-state index contributed by atoms with van der Waals surface area (Å²) >= 11 is 0. The number of hydrogen-bond acceptors (Lipinski definition) is 3. The molecule has 0 spiro atoms. The average molecular weight is 235 g/mol. The van der Waals surface area contributed by atoms with Crippen LogP contribution in [-0.4, -0.2) is 34.2 Å². The molecule has 0 bridgehead atoms. The minimum Gasteiger partial charge on any atom is -0.481 e. The van der Waals surface area contributed by atoms with Gasteiger partial charge in [-0.05, 0) is 24.1 Å². The summed E-state index contributed by atoms with van der Waals surface area (Å²) in [5.74, 6) is -0.908. The lowest BCUT2D eigenvalue weighted by Gasteiger charge is -2.15. The minimum absolute atomic E-state index is 0.0606. The predicted molar refractivity (Wildman–Crippen MR) is 63.4 cm³/mol. The Hall–Kier alpha value is -1.39. The number of likely N-dealkylation sites (tertiary alicyclic amines) is 1. The van der Waals surface area contributed by atoms with Gasteiger partial charge in [0, 0.05) is 13.1 Å². The molecule has 1 fully saturated rings. The summed E-state index contributed by atoms with van der Waals surface area (Å²) in [5, 5.41) is 17.8. The van der Waals surface area contributed by atoms with Gasteiger partial charge in [-0.25, -0.2) is 0 Å². The fourth-order valence-electron chi connectivity index (χ4n) is 2.19. The molecule has 0 aliphatic carbocycles. The largest absolute Gasteiger partial charge is 0.481 e. The van der Waals surface area contributed by atoms with Gasteiger partial charge in [0.1, 0.15) is 0 Å². The zero-order valence-electron chi connectivity index (χ0n) is 9.67. The second-order valence-electron chi connectivity index (χ2n) is 4.53. The highest BCUT2D eigenvalue weighted by molar-refractivity contribution is 5.70. The first kappa shape index (κ1) is 12.1. The van der Waals surface area contributed by atoms with Gasteiger partial charge in [0.15, 0.2) is 0 Å². The highest BCUT2D eigenvalue weighted by atomic mass is 16.4. The zero-order chi connectivity index (χ0) is 12.3. The lowest BCUT2D eigenvalue weighted by atomic mass is 10.1. The van der Waals surface area contributed by atoms with E-state index in [-0.39, 0.29) is 12.5 Å². The van der Waals surface area contributed by atoms with Crippen molar-refractivity contribution in [3.8, 4) is 0 Å². The van der Waals surface area contributed by atoms with E-state index >= 15 is 0 Å². The third-order valence-electron chi connectivity index (χ3n) is 3.23. The molecular weight excluding hydrogens is 218 g/mol. The van der Waals surface area contributed by atoms with E-state index in [1.807, 2.05) is 24.3 Å². The average Bonchev–Trinajstić information content (AvgIpc) is 2.79. The van der Waals surface area contributed by atoms with Crippen LogP contribution < -0.4 is 0 Å². The molecule has 2 N–H and O–H groups in total. The molecule has 17 heavy (non-hydrogen) atoms. The van der Waals surface area contributed by atoms with Gasteiger partial charge in [0.2, 0.25) is 0 Å². The van der Waals surface area contributed by atoms with Crippen LogP contribution in [0.5, 0.6) is 0 Å². The summed E-state index contributed by atoms with van der Waals surface area (Å²) in [7, 11) is 0. The Bertz CT molecular complexity index is 388. The molecule has 0 saturated carbocycles. The third-order valence-corrected chi connectivity index (χ3v) is 3.23. The van der Waals surface area contributed by atoms with Crippen molar-refractivity contribution in [3.05, 3.63) is 35.4 Å². The Labute approximate surface area is 100 Å². The van der Waals surface area contributed by atoms with Gasteiger partial charge in [0.05, 0.1) is 12.5 Å². The number of carboxylic acid groups (broad SMARTS) is 1. The monoisotopic (exact) mass is 235 g/mol. The van der Waals surface area contributed by atoms with Crippen LogP contribution in [0.4, 0.5) is 0 Å². The van der Waals surface area contributed by atoms with Crippen molar-refractivity contribution >= 4 is 5.97 Å². The van der Waals surface area contributed by atoms with Crippen LogP contribution in [0.25, 0.3) is 0 Å². The number of aliphatic hydroxyl groups is 1. The highest BCUT2D eigenvalue weighted by Gasteiger charge is 2.27. The van der Waals surface area contributed by atoms with E-state index in [0.717, 1.165) is 30.6 Å². The molecule has 0 radical (unpaired) electrons. The lowest BCUT2D eigenvalue weighted by molar-refractivity contribution is -0.141. The molecule has 2 rings (SSSR count). The summed E-state index contributed by atoms with van der Waals surface area (Å²) < 4.78 is 0. The van der Waals surface area contributed by atoms with Crippen molar-refractivity contribution in [1.82, 2.24) is 4.90 Å². The maximum atomic E-state index is 10.8. The van der Waals surface area contributed by atoms with E-state index < -0.39 is 5.97 Å². The van der Waals surface area contributed by atoms with Gasteiger partial charge in [-0.1, -0.05) is 24.3 Å². The van der Waals surface area contributed by atoms with Crippen LogP contribution in [-0.2, 0) is 17.9 Å². The minimum atomic E-state index is -0.692. The van der Waals surface area contributed by atoms with Crippen LogP contribution in [0, 0.1) is 5.92 Å². The lowest BCUT2D eigenvalue weighted by Crippen LogP contribution is -2.22. The maximum Gasteiger partial charge on any atom is 0.307 e. The number of rotatable bonds is 4. The van der Waals surface area contributed by atoms with Crippen molar-refractivity contribution in [1.29, 1.82) is 0 Å². The van der Waals surface area contributed by atoms with E-state index in [9.17, 15) is 4.79 Å². The second-order valence-corrected chi connectivity index (χ2v) is 4.53. The van der Waals surface area contributed by atoms with E-state index in [1.54, 1.807) is 0 Å². The highest BCUT2D eigenvalue weighted by Crippen LogP contribution is 2.19. The molecule has 1 aromatic rings. The first-order chi connectivity index (χ1) is 8.19. The van der Waals surface area contributed by atoms with E-state index in [1.165, 1.54) is 0 Å². The van der Waals surface area contributed by atoms with Gasteiger partial charge >= 0.3 is 5.97 Å². The standard InChI is InChI=1S/C13H17NO3/c15-9-11-3-1-10(2-4-11)7-14-6-5-12(8-14)13(16)17/h1-4,12,15H,5-9H2,(H,16,17). The van der Waals surface area contributed by atoms with Gasteiger partial charge in [-0.2, -0.15) is 0 Å². The molecule has 1 saturated heterocycles. The fourth-order valence-corrected chi connectivity index (χ4v) is 2.19. The van der Waals surface area contributed by atoms with Gasteiger partial charge in [-0.15, -0.1) is 0 Å². The first-order valence-corrected chi connectivity index (χ1v) is 5.83. The van der Waals surface area contributed by atoms with Crippen molar-refractivity contribution < 1.29 is 15.0 Å². The Kier molecular flexibility index (Phi) is 3.76. The Morgan fingerprint density at radius 2 is 1.94 bits per heavy atom. The molecular formula is C13H17NO3. The van der Waals surface area contributed by atoms with Gasteiger partial charge < -0.3 is 10.2 Å². The molecule has 1 aromatic carbocycles. The molecule has 1 aliphatic heterocycles. The third kappa shape index (κ3) is 3.05. The molecule has 0 amide bonds. The molecule has 1 aliphatic rings. The number of hydrogen-bond donors (Lipinski definition) is 2. The van der Waals surface area contributed by atoms with Crippen molar-refractivity contribution in [3.63, 3.8) is 0 Å². The number of aliphatic hydroxyl groups excluding tert-OH is 1. The predicted octanol–water partition coefficient (Wildman–Crippen LogP) is 1.09. The summed E-state index contributed by atoms with van der Waals surface area (Å²) in [6, 6.07) is 7.78. The number of nitrogens with zero attached hydrogens (tertiary/aromatic N) is 1.